The third-order valence-electron chi connectivity index (χ3n) is 5.40. The van der Waals surface area contributed by atoms with Crippen molar-refractivity contribution >= 4 is 29.4 Å². The number of carbonyl (C=O) groups is 2. The fourth-order valence-electron chi connectivity index (χ4n) is 3.79. The SMILES string of the molecule is CO/N=C/c1ccc(N2C(=O)C(=O)/C(=C(/O)c3ccc(OC)cc3)C2c2ccccc2)cc1. The van der Waals surface area contributed by atoms with Gasteiger partial charge in [0.2, 0.25) is 0 Å². The second-order valence-electron chi connectivity index (χ2n) is 7.32. The molecule has 7 heteroatoms. The van der Waals surface area contributed by atoms with Crippen LogP contribution in [0.1, 0.15) is 22.7 Å². The summed E-state index contributed by atoms with van der Waals surface area (Å²) in [6.07, 6.45) is 1.54. The van der Waals surface area contributed by atoms with Crippen molar-refractivity contribution in [2.45, 2.75) is 6.04 Å². The van der Waals surface area contributed by atoms with Gasteiger partial charge in [-0.25, -0.2) is 0 Å². The molecule has 0 saturated carbocycles. The minimum atomic E-state index is -0.785. The number of rotatable bonds is 6. The number of carbonyl (C=O) groups excluding carboxylic acids is 2. The van der Waals surface area contributed by atoms with Gasteiger partial charge < -0.3 is 14.7 Å². The number of ether oxygens (including phenoxy) is 1. The molecule has 4 rings (SSSR count). The molecule has 3 aromatic rings. The largest absolute Gasteiger partial charge is 0.507 e. The molecule has 33 heavy (non-hydrogen) atoms. The number of aliphatic hydroxyl groups excluding tert-OH is 1. The zero-order valence-corrected chi connectivity index (χ0v) is 18.1. The summed E-state index contributed by atoms with van der Waals surface area (Å²) in [6.45, 7) is 0. The van der Waals surface area contributed by atoms with Gasteiger partial charge in [-0.15, -0.1) is 0 Å². The van der Waals surface area contributed by atoms with Crippen molar-refractivity contribution in [1.82, 2.24) is 0 Å². The van der Waals surface area contributed by atoms with Gasteiger partial charge in [-0.1, -0.05) is 47.6 Å². The lowest BCUT2D eigenvalue weighted by molar-refractivity contribution is -0.132. The lowest BCUT2D eigenvalue weighted by atomic mass is 9.95. The summed E-state index contributed by atoms with van der Waals surface area (Å²) in [5, 5.41) is 14.8. The standard InChI is InChI=1S/C26H22N2O5/c1-32-21-14-10-19(11-15-21)24(29)22-23(18-6-4-3-5-7-18)28(26(31)25(22)30)20-12-8-17(9-13-20)16-27-33-2/h3-16,23,29H,1-2H3/b24-22+,27-16+. The molecule has 0 bridgehead atoms. The third kappa shape index (κ3) is 4.21. The molecule has 1 N–H and O–H groups in total. The van der Waals surface area contributed by atoms with Crippen LogP contribution in [0.25, 0.3) is 5.76 Å². The highest BCUT2D eigenvalue weighted by Crippen LogP contribution is 2.42. The smallest absolute Gasteiger partial charge is 0.300 e. The number of hydrogen-bond donors (Lipinski definition) is 1. The molecule has 0 spiro atoms. The first-order valence-corrected chi connectivity index (χ1v) is 10.2. The van der Waals surface area contributed by atoms with Crippen LogP contribution < -0.4 is 9.64 Å². The highest BCUT2D eigenvalue weighted by atomic mass is 16.6. The maximum absolute atomic E-state index is 13.2. The molecule has 0 radical (unpaired) electrons. The van der Waals surface area contributed by atoms with Crippen LogP contribution in [0.15, 0.2) is 89.6 Å². The summed E-state index contributed by atoms with van der Waals surface area (Å²) in [5.74, 6) is -1.08. The predicted molar refractivity (Wildman–Crippen MR) is 125 cm³/mol. The normalized spacial score (nSPS) is 17.5. The van der Waals surface area contributed by atoms with Crippen molar-refractivity contribution in [3.63, 3.8) is 0 Å². The number of oxime groups is 1. The van der Waals surface area contributed by atoms with Crippen molar-refractivity contribution < 1.29 is 24.3 Å². The summed E-state index contributed by atoms with van der Waals surface area (Å²) in [6, 6.07) is 22.0. The van der Waals surface area contributed by atoms with E-state index >= 15 is 0 Å². The van der Waals surface area contributed by atoms with E-state index < -0.39 is 17.7 Å². The summed E-state index contributed by atoms with van der Waals surface area (Å²) in [7, 11) is 3.00. The Kier molecular flexibility index (Phi) is 6.22. The summed E-state index contributed by atoms with van der Waals surface area (Å²) >= 11 is 0. The van der Waals surface area contributed by atoms with Gasteiger partial charge in [0.15, 0.2) is 0 Å². The monoisotopic (exact) mass is 442 g/mol. The van der Waals surface area contributed by atoms with E-state index in [0.717, 1.165) is 5.56 Å². The fraction of sp³-hybridized carbons (Fsp3) is 0.115. The molecule has 1 aliphatic heterocycles. The van der Waals surface area contributed by atoms with Crippen LogP contribution in [0.4, 0.5) is 5.69 Å². The van der Waals surface area contributed by atoms with E-state index in [4.69, 9.17) is 9.57 Å². The molecule has 166 valence electrons. The van der Waals surface area contributed by atoms with Crippen molar-refractivity contribution in [3.05, 3.63) is 101 Å². The summed E-state index contributed by atoms with van der Waals surface area (Å²) < 4.78 is 5.17. The van der Waals surface area contributed by atoms with Gasteiger partial charge in [-0.05, 0) is 47.5 Å². The van der Waals surface area contributed by atoms with Crippen LogP contribution in [-0.4, -0.2) is 37.2 Å². The maximum Gasteiger partial charge on any atom is 0.300 e. The Hall–Kier alpha value is -4.39. The molecule has 1 amide bonds. The van der Waals surface area contributed by atoms with Crippen molar-refractivity contribution in [3.8, 4) is 5.75 Å². The number of hydrogen-bond acceptors (Lipinski definition) is 6. The first-order valence-electron chi connectivity index (χ1n) is 10.2. The van der Waals surface area contributed by atoms with Crippen LogP contribution in [0, 0.1) is 0 Å². The Labute approximate surface area is 191 Å². The number of aliphatic hydroxyl groups is 1. The van der Waals surface area contributed by atoms with Crippen molar-refractivity contribution in [2.24, 2.45) is 5.16 Å². The van der Waals surface area contributed by atoms with E-state index in [1.165, 1.54) is 18.2 Å². The molecule has 1 aliphatic rings. The number of methoxy groups -OCH3 is 1. The van der Waals surface area contributed by atoms with E-state index in [2.05, 4.69) is 5.16 Å². The molecule has 1 saturated heterocycles. The Morgan fingerprint density at radius 2 is 1.61 bits per heavy atom. The van der Waals surface area contributed by atoms with Crippen molar-refractivity contribution in [1.29, 1.82) is 0 Å². The van der Waals surface area contributed by atoms with Crippen LogP contribution >= 0.6 is 0 Å². The Morgan fingerprint density at radius 3 is 2.21 bits per heavy atom. The van der Waals surface area contributed by atoms with Crippen LogP contribution in [0.2, 0.25) is 0 Å². The van der Waals surface area contributed by atoms with Crippen LogP contribution in [-0.2, 0) is 14.4 Å². The number of ketones is 1. The fourth-order valence-corrected chi connectivity index (χ4v) is 3.79. The highest BCUT2D eigenvalue weighted by Gasteiger charge is 2.46. The summed E-state index contributed by atoms with van der Waals surface area (Å²) in [5.41, 5.74) is 2.44. The number of anilines is 1. The second kappa shape index (κ2) is 9.40. The number of nitrogens with zero attached hydrogens (tertiary/aromatic N) is 2. The molecular weight excluding hydrogens is 420 g/mol. The molecule has 1 atom stereocenters. The van der Waals surface area contributed by atoms with Gasteiger partial charge in [0, 0.05) is 11.3 Å². The van der Waals surface area contributed by atoms with Crippen molar-refractivity contribution in [2.75, 3.05) is 19.1 Å². The van der Waals surface area contributed by atoms with Crippen LogP contribution in [0.3, 0.4) is 0 Å². The quantitative estimate of drug-likeness (QED) is 0.202. The first kappa shape index (κ1) is 21.8. The minimum absolute atomic E-state index is 0.0291. The molecule has 0 aromatic heterocycles. The highest BCUT2D eigenvalue weighted by molar-refractivity contribution is 6.51. The number of benzene rings is 3. The average molecular weight is 442 g/mol. The molecule has 0 aliphatic carbocycles. The molecule has 3 aromatic carbocycles. The molecule has 1 fully saturated rings. The van der Waals surface area contributed by atoms with Gasteiger partial charge in [0.25, 0.3) is 11.7 Å². The molecule has 7 nitrogen and oxygen atoms in total. The number of Topliss-reactive ketones (excluding diaryl/α,β-unsaturated/α-hetero) is 1. The lowest BCUT2D eigenvalue weighted by Crippen LogP contribution is -2.29. The molecular formula is C26H22N2O5. The van der Waals surface area contributed by atoms with E-state index in [1.54, 1.807) is 55.6 Å². The van der Waals surface area contributed by atoms with Gasteiger partial charge in [-0.3, -0.25) is 14.5 Å². The maximum atomic E-state index is 13.2. The second-order valence-corrected chi connectivity index (χ2v) is 7.32. The molecule has 1 unspecified atom stereocenters. The topological polar surface area (TPSA) is 88.4 Å². The predicted octanol–water partition coefficient (Wildman–Crippen LogP) is 4.30. The van der Waals surface area contributed by atoms with E-state index in [-0.39, 0.29) is 11.3 Å². The Morgan fingerprint density at radius 1 is 0.939 bits per heavy atom. The Balaban J connectivity index is 1.84. The van der Waals surface area contributed by atoms with Gasteiger partial charge in [-0.2, -0.15) is 0 Å². The van der Waals surface area contributed by atoms with Gasteiger partial charge in [0.1, 0.15) is 18.6 Å². The summed E-state index contributed by atoms with van der Waals surface area (Å²) in [4.78, 5) is 32.4. The van der Waals surface area contributed by atoms with Crippen LogP contribution in [0.5, 0.6) is 5.75 Å². The van der Waals surface area contributed by atoms with Gasteiger partial charge in [0.05, 0.1) is 24.9 Å². The lowest BCUT2D eigenvalue weighted by Gasteiger charge is -2.25. The first-order chi connectivity index (χ1) is 16.0. The van der Waals surface area contributed by atoms with E-state index in [0.29, 0.717) is 22.6 Å². The number of amides is 1. The zero-order valence-electron chi connectivity index (χ0n) is 18.1. The third-order valence-corrected chi connectivity index (χ3v) is 5.40. The average Bonchev–Trinajstić information content (AvgIpc) is 3.13. The zero-order chi connectivity index (χ0) is 23.4. The minimum Gasteiger partial charge on any atom is -0.507 e. The van der Waals surface area contributed by atoms with E-state index in [9.17, 15) is 14.7 Å². The molecule has 1 heterocycles. The van der Waals surface area contributed by atoms with E-state index in [1.807, 2.05) is 30.3 Å². The Bertz CT molecular complexity index is 1220. The van der Waals surface area contributed by atoms with Gasteiger partial charge >= 0.3 is 0 Å².